The lowest BCUT2D eigenvalue weighted by Gasteiger charge is -2.18. The van der Waals surface area contributed by atoms with Gasteiger partial charge < -0.3 is 14.2 Å². The number of aryl methyl sites for hydroxylation is 2. The van der Waals surface area contributed by atoms with Gasteiger partial charge in [0.15, 0.2) is 0 Å². The standard InChI is InChI=1S/C25H25NO5/c1-5-29-24(27)21-16(3)26-17(4)22(25(28)30-6-2)23(21)18-11-10-14-20(15-18)31-19-12-8-7-9-13-19/h7-15H,5-6H2,1-4H3. The zero-order valence-electron chi connectivity index (χ0n) is 18.1. The molecule has 6 nitrogen and oxygen atoms in total. The number of nitrogens with zero attached hydrogens (tertiary/aromatic N) is 1. The monoisotopic (exact) mass is 419 g/mol. The summed E-state index contributed by atoms with van der Waals surface area (Å²) in [4.78, 5) is 30.1. The van der Waals surface area contributed by atoms with E-state index in [9.17, 15) is 9.59 Å². The van der Waals surface area contributed by atoms with Crippen LogP contribution in [0.4, 0.5) is 0 Å². The molecule has 6 heteroatoms. The molecule has 0 saturated carbocycles. The van der Waals surface area contributed by atoms with Crippen LogP contribution in [-0.2, 0) is 9.47 Å². The van der Waals surface area contributed by atoms with E-state index in [-0.39, 0.29) is 24.3 Å². The highest BCUT2D eigenvalue weighted by atomic mass is 16.5. The Morgan fingerprint density at radius 3 is 1.87 bits per heavy atom. The van der Waals surface area contributed by atoms with E-state index < -0.39 is 11.9 Å². The largest absolute Gasteiger partial charge is 0.462 e. The molecule has 0 N–H and O–H groups in total. The molecule has 0 spiro atoms. The molecule has 160 valence electrons. The summed E-state index contributed by atoms with van der Waals surface area (Å²) in [6.45, 7) is 7.32. The number of carbonyl (C=O) groups is 2. The molecule has 1 heterocycles. The molecule has 0 unspecified atom stereocenters. The van der Waals surface area contributed by atoms with E-state index in [4.69, 9.17) is 14.2 Å². The normalized spacial score (nSPS) is 10.5. The highest BCUT2D eigenvalue weighted by Crippen LogP contribution is 2.35. The lowest BCUT2D eigenvalue weighted by atomic mass is 9.92. The van der Waals surface area contributed by atoms with E-state index in [0.29, 0.717) is 34.0 Å². The van der Waals surface area contributed by atoms with Crippen LogP contribution < -0.4 is 4.74 Å². The van der Waals surface area contributed by atoms with Crippen LogP contribution in [0.5, 0.6) is 11.5 Å². The van der Waals surface area contributed by atoms with Crippen LogP contribution in [0.25, 0.3) is 11.1 Å². The molecule has 3 rings (SSSR count). The maximum atomic E-state index is 12.8. The maximum absolute atomic E-state index is 12.8. The summed E-state index contributed by atoms with van der Waals surface area (Å²) in [7, 11) is 0. The molecule has 0 fully saturated rings. The van der Waals surface area contributed by atoms with Gasteiger partial charge in [0, 0.05) is 5.56 Å². The zero-order valence-corrected chi connectivity index (χ0v) is 18.1. The Morgan fingerprint density at radius 1 is 0.774 bits per heavy atom. The van der Waals surface area contributed by atoms with Gasteiger partial charge in [-0.1, -0.05) is 30.3 Å². The summed E-state index contributed by atoms with van der Waals surface area (Å²) < 4.78 is 16.5. The van der Waals surface area contributed by atoms with Gasteiger partial charge in [-0.2, -0.15) is 0 Å². The van der Waals surface area contributed by atoms with Gasteiger partial charge in [0.25, 0.3) is 0 Å². The van der Waals surface area contributed by atoms with Crippen molar-refractivity contribution in [2.45, 2.75) is 27.7 Å². The second-order valence-corrected chi connectivity index (χ2v) is 6.79. The van der Waals surface area contributed by atoms with Gasteiger partial charge in [-0.3, -0.25) is 4.98 Å². The van der Waals surface area contributed by atoms with Crippen molar-refractivity contribution in [3.05, 3.63) is 77.1 Å². The first-order valence-corrected chi connectivity index (χ1v) is 10.1. The van der Waals surface area contributed by atoms with E-state index in [1.807, 2.05) is 48.5 Å². The topological polar surface area (TPSA) is 74.7 Å². The fraction of sp³-hybridized carbons (Fsp3) is 0.240. The molecule has 0 aliphatic rings. The molecule has 1 aromatic heterocycles. The van der Waals surface area contributed by atoms with Crippen LogP contribution in [0, 0.1) is 13.8 Å². The van der Waals surface area contributed by atoms with Crippen molar-refractivity contribution in [2.75, 3.05) is 13.2 Å². The lowest BCUT2D eigenvalue weighted by molar-refractivity contribution is 0.0525. The molecule has 0 aliphatic heterocycles. The first-order chi connectivity index (χ1) is 15.0. The highest BCUT2D eigenvalue weighted by molar-refractivity contribution is 6.07. The minimum Gasteiger partial charge on any atom is -0.462 e. The third-order valence-electron chi connectivity index (χ3n) is 4.62. The number of rotatable bonds is 7. The van der Waals surface area contributed by atoms with Crippen molar-refractivity contribution in [1.29, 1.82) is 0 Å². The predicted molar refractivity (Wildman–Crippen MR) is 118 cm³/mol. The summed E-state index contributed by atoms with van der Waals surface area (Å²) in [5.41, 5.74) is 2.51. The van der Waals surface area contributed by atoms with Gasteiger partial charge in [0.05, 0.1) is 35.7 Å². The molecule has 0 saturated heterocycles. The van der Waals surface area contributed by atoms with Crippen molar-refractivity contribution >= 4 is 11.9 Å². The van der Waals surface area contributed by atoms with Gasteiger partial charge in [-0.25, -0.2) is 9.59 Å². The Kier molecular flexibility index (Phi) is 7.03. The fourth-order valence-electron chi connectivity index (χ4n) is 3.38. The van der Waals surface area contributed by atoms with Gasteiger partial charge in [-0.15, -0.1) is 0 Å². The van der Waals surface area contributed by atoms with E-state index in [1.165, 1.54) is 0 Å². The first kappa shape index (κ1) is 22.0. The minimum atomic E-state index is -0.539. The Labute approximate surface area is 181 Å². The lowest BCUT2D eigenvalue weighted by Crippen LogP contribution is -2.17. The molecule has 0 amide bonds. The van der Waals surface area contributed by atoms with Crippen LogP contribution in [0.2, 0.25) is 0 Å². The second-order valence-electron chi connectivity index (χ2n) is 6.79. The molecule has 2 aromatic carbocycles. The Bertz CT molecular complexity index is 1050. The van der Waals surface area contributed by atoms with E-state index >= 15 is 0 Å². The Hall–Kier alpha value is -3.67. The third-order valence-corrected chi connectivity index (χ3v) is 4.62. The molecule has 0 radical (unpaired) electrons. The number of esters is 2. The van der Waals surface area contributed by atoms with Gasteiger partial charge in [0.1, 0.15) is 11.5 Å². The van der Waals surface area contributed by atoms with Crippen molar-refractivity contribution in [2.24, 2.45) is 0 Å². The number of hydrogen-bond acceptors (Lipinski definition) is 6. The summed E-state index contributed by atoms with van der Waals surface area (Å²) in [5, 5.41) is 0. The van der Waals surface area contributed by atoms with Crippen LogP contribution in [-0.4, -0.2) is 30.1 Å². The number of para-hydroxylation sites is 1. The van der Waals surface area contributed by atoms with Crippen LogP contribution in [0.3, 0.4) is 0 Å². The van der Waals surface area contributed by atoms with Crippen molar-refractivity contribution in [3.8, 4) is 22.6 Å². The zero-order chi connectivity index (χ0) is 22.4. The van der Waals surface area contributed by atoms with Crippen molar-refractivity contribution in [1.82, 2.24) is 4.98 Å². The number of carbonyl (C=O) groups excluding carboxylic acids is 2. The number of benzene rings is 2. The molecule has 0 atom stereocenters. The molecule has 0 bridgehead atoms. The van der Waals surface area contributed by atoms with E-state index in [1.54, 1.807) is 33.8 Å². The number of aromatic nitrogens is 1. The SMILES string of the molecule is CCOC(=O)c1c(C)nc(C)c(C(=O)OCC)c1-c1cccc(Oc2ccccc2)c1. The molecular formula is C25H25NO5. The summed E-state index contributed by atoms with van der Waals surface area (Å²) in [6.07, 6.45) is 0. The fourth-order valence-corrected chi connectivity index (χ4v) is 3.38. The summed E-state index contributed by atoms with van der Waals surface area (Å²) in [5.74, 6) is 0.170. The van der Waals surface area contributed by atoms with Crippen LogP contribution in [0.15, 0.2) is 54.6 Å². The van der Waals surface area contributed by atoms with E-state index in [2.05, 4.69) is 4.98 Å². The minimum absolute atomic E-state index is 0.206. The van der Waals surface area contributed by atoms with Crippen LogP contribution in [0.1, 0.15) is 46.0 Å². The van der Waals surface area contributed by atoms with Crippen molar-refractivity contribution < 1.29 is 23.8 Å². The molecule has 0 aliphatic carbocycles. The molecular weight excluding hydrogens is 394 g/mol. The maximum Gasteiger partial charge on any atom is 0.340 e. The van der Waals surface area contributed by atoms with Gasteiger partial charge >= 0.3 is 11.9 Å². The first-order valence-electron chi connectivity index (χ1n) is 10.1. The van der Waals surface area contributed by atoms with Gasteiger partial charge in [-0.05, 0) is 57.5 Å². The van der Waals surface area contributed by atoms with Crippen molar-refractivity contribution in [3.63, 3.8) is 0 Å². The predicted octanol–water partition coefficient (Wildman–Crippen LogP) is 5.51. The Balaban J connectivity index is 2.21. The number of ether oxygens (including phenoxy) is 3. The van der Waals surface area contributed by atoms with Gasteiger partial charge in [0.2, 0.25) is 0 Å². The average molecular weight is 419 g/mol. The Morgan fingerprint density at radius 2 is 1.32 bits per heavy atom. The number of hydrogen-bond donors (Lipinski definition) is 0. The molecule has 3 aromatic rings. The van der Waals surface area contributed by atoms with Crippen LogP contribution >= 0.6 is 0 Å². The highest BCUT2D eigenvalue weighted by Gasteiger charge is 2.28. The average Bonchev–Trinajstić information content (AvgIpc) is 2.74. The quantitative estimate of drug-likeness (QED) is 0.470. The third kappa shape index (κ3) is 4.91. The number of pyridine rings is 1. The smallest absolute Gasteiger partial charge is 0.340 e. The summed E-state index contributed by atoms with van der Waals surface area (Å²) >= 11 is 0. The summed E-state index contributed by atoms with van der Waals surface area (Å²) in [6, 6.07) is 16.6. The second kappa shape index (κ2) is 9.89. The molecule has 31 heavy (non-hydrogen) atoms. The van der Waals surface area contributed by atoms with E-state index in [0.717, 1.165) is 0 Å².